The summed E-state index contributed by atoms with van der Waals surface area (Å²) in [5.41, 5.74) is 0. The van der Waals surface area contributed by atoms with E-state index >= 15 is 0 Å². The molecule has 104 valence electrons. The second kappa shape index (κ2) is 5.04. The predicted molar refractivity (Wildman–Crippen MR) is 73.4 cm³/mol. The highest BCUT2D eigenvalue weighted by Gasteiger charge is 2.39. The maximum atomic E-state index is 12.1. The van der Waals surface area contributed by atoms with Gasteiger partial charge in [-0.25, -0.2) is 18.1 Å². The van der Waals surface area contributed by atoms with E-state index in [-0.39, 0.29) is 10.0 Å². The second-order valence-corrected chi connectivity index (χ2v) is 7.76. The summed E-state index contributed by atoms with van der Waals surface area (Å²) in [4.78, 5) is 3.99. The minimum atomic E-state index is -3.46. The first-order valence-corrected chi connectivity index (χ1v) is 8.52. The maximum Gasteiger partial charge on any atom is 0.240 e. The van der Waals surface area contributed by atoms with Gasteiger partial charge in [-0.1, -0.05) is 18.0 Å². The van der Waals surface area contributed by atoms with Crippen molar-refractivity contribution in [1.29, 1.82) is 0 Å². The van der Waals surface area contributed by atoms with Gasteiger partial charge in [0.2, 0.25) is 10.0 Å². The summed E-state index contributed by atoms with van der Waals surface area (Å²) in [5.74, 6) is 2.05. The first-order valence-electron chi connectivity index (χ1n) is 6.66. The van der Waals surface area contributed by atoms with Gasteiger partial charge in [0.05, 0.1) is 4.90 Å². The smallest absolute Gasteiger partial charge is 0.240 e. The van der Waals surface area contributed by atoms with E-state index in [0.717, 1.165) is 5.92 Å². The van der Waals surface area contributed by atoms with Crippen LogP contribution in [0.5, 0.6) is 0 Å². The number of fused-ring (bicyclic) bond motifs is 2. The van der Waals surface area contributed by atoms with Crippen LogP contribution >= 0.6 is 11.6 Å². The molecule has 4 nitrogen and oxygen atoms in total. The Morgan fingerprint density at radius 3 is 2.84 bits per heavy atom. The molecule has 2 aliphatic rings. The molecular formula is C13H17ClN2O2S. The molecular weight excluding hydrogens is 284 g/mol. The van der Waals surface area contributed by atoms with Crippen molar-refractivity contribution in [3.63, 3.8) is 0 Å². The number of pyridine rings is 1. The third-order valence-corrected chi connectivity index (χ3v) is 6.06. The Morgan fingerprint density at radius 2 is 2.21 bits per heavy atom. The van der Waals surface area contributed by atoms with Gasteiger partial charge in [0.25, 0.3) is 0 Å². The van der Waals surface area contributed by atoms with Crippen molar-refractivity contribution in [1.82, 2.24) is 9.71 Å². The van der Waals surface area contributed by atoms with Crippen LogP contribution in [0, 0.1) is 17.8 Å². The molecule has 0 aromatic carbocycles. The summed E-state index contributed by atoms with van der Waals surface area (Å²) in [6.07, 6.45) is 6.46. The molecule has 0 saturated heterocycles. The first-order chi connectivity index (χ1) is 9.04. The van der Waals surface area contributed by atoms with E-state index in [1.807, 2.05) is 0 Å². The van der Waals surface area contributed by atoms with Crippen molar-refractivity contribution in [3.05, 3.63) is 23.5 Å². The molecule has 1 aromatic heterocycles. The minimum Gasteiger partial charge on any atom is -0.244 e. The first kappa shape index (κ1) is 13.3. The van der Waals surface area contributed by atoms with E-state index in [9.17, 15) is 8.42 Å². The van der Waals surface area contributed by atoms with Crippen LogP contribution in [0.4, 0.5) is 0 Å². The largest absolute Gasteiger partial charge is 0.244 e. The summed E-state index contributed by atoms with van der Waals surface area (Å²) < 4.78 is 27.0. The van der Waals surface area contributed by atoms with Crippen molar-refractivity contribution in [2.24, 2.45) is 17.8 Å². The van der Waals surface area contributed by atoms with Crippen LogP contribution in [0.1, 0.15) is 25.7 Å². The van der Waals surface area contributed by atoms with Gasteiger partial charge in [0.1, 0.15) is 5.15 Å². The van der Waals surface area contributed by atoms with Crippen molar-refractivity contribution in [2.75, 3.05) is 6.54 Å². The monoisotopic (exact) mass is 300 g/mol. The number of aromatic nitrogens is 1. The zero-order valence-corrected chi connectivity index (χ0v) is 12.1. The lowest BCUT2D eigenvalue weighted by atomic mass is 9.89. The molecule has 0 radical (unpaired) electrons. The number of sulfonamides is 1. The number of nitrogens with zero attached hydrogens (tertiary/aromatic N) is 1. The Balaban J connectivity index is 1.66. The van der Waals surface area contributed by atoms with Gasteiger partial charge >= 0.3 is 0 Å². The van der Waals surface area contributed by atoms with Crippen molar-refractivity contribution >= 4 is 21.6 Å². The summed E-state index contributed by atoms with van der Waals surface area (Å²) >= 11 is 5.73. The standard InChI is InChI=1S/C13H17ClN2O2S/c14-13-7-12(3-4-15-13)19(17,18)16-8-11-6-9-1-2-10(11)5-9/h3-4,7,9-11,16H,1-2,5-6,8H2. The van der Waals surface area contributed by atoms with Crippen LogP contribution in [-0.2, 0) is 10.0 Å². The van der Waals surface area contributed by atoms with Gasteiger partial charge in [-0.15, -0.1) is 0 Å². The van der Waals surface area contributed by atoms with Crippen LogP contribution < -0.4 is 4.72 Å². The number of rotatable bonds is 4. The lowest BCUT2D eigenvalue weighted by molar-refractivity contribution is 0.333. The van der Waals surface area contributed by atoms with Crippen LogP contribution in [0.15, 0.2) is 23.2 Å². The Hall–Kier alpha value is -0.650. The van der Waals surface area contributed by atoms with Gasteiger partial charge < -0.3 is 0 Å². The fourth-order valence-electron chi connectivity index (χ4n) is 3.48. The highest BCUT2D eigenvalue weighted by Crippen LogP contribution is 2.48. The average Bonchev–Trinajstić information content (AvgIpc) is 2.98. The maximum absolute atomic E-state index is 12.1. The number of hydrogen-bond donors (Lipinski definition) is 1. The van der Waals surface area contributed by atoms with Crippen LogP contribution in [-0.4, -0.2) is 19.9 Å². The predicted octanol–water partition coefficient (Wildman–Crippen LogP) is 2.45. The third kappa shape index (κ3) is 2.78. The van der Waals surface area contributed by atoms with E-state index in [1.165, 1.54) is 44.0 Å². The van der Waals surface area contributed by atoms with Gasteiger partial charge in [-0.2, -0.15) is 0 Å². The molecule has 3 unspecified atom stereocenters. The van der Waals surface area contributed by atoms with E-state index in [0.29, 0.717) is 18.4 Å². The lowest BCUT2D eigenvalue weighted by Crippen LogP contribution is -2.31. The SMILES string of the molecule is O=S(=O)(NCC1CC2CCC1C2)c1ccnc(Cl)c1. The zero-order chi connectivity index (χ0) is 13.5. The van der Waals surface area contributed by atoms with E-state index in [1.54, 1.807) is 0 Å². The van der Waals surface area contributed by atoms with E-state index in [4.69, 9.17) is 11.6 Å². The van der Waals surface area contributed by atoms with E-state index < -0.39 is 10.0 Å². The Kier molecular flexibility index (Phi) is 3.53. The van der Waals surface area contributed by atoms with Gasteiger partial charge in [-0.05, 0) is 49.1 Å². The normalized spacial score (nSPS) is 29.8. The average molecular weight is 301 g/mol. The molecule has 3 rings (SSSR count). The van der Waals surface area contributed by atoms with Crippen LogP contribution in [0.3, 0.4) is 0 Å². The topological polar surface area (TPSA) is 59.1 Å². The Morgan fingerprint density at radius 1 is 1.37 bits per heavy atom. The molecule has 1 aromatic rings. The van der Waals surface area contributed by atoms with Gasteiger partial charge in [0, 0.05) is 12.7 Å². The molecule has 6 heteroatoms. The van der Waals surface area contributed by atoms with Gasteiger partial charge in [-0.3, -0.25) is 0 Å². The number of nitrogens with one attached hydrogen (secondary N) is 1. The fourth-order valence-corrected chi connectivity index (χ4v) is 4.82. The molecule has 2 bridgehead atoms. The van der Waals surface area contributed by atoms with E-state index in [2.05, 4.69) is 9.71 Å². The summed E-state index contributed by atoms with van der Waals surface area (Å²) in [5, 5.41) is 0.197. The molecule has 2 fully saturated rings. The van der Waals surface area contributed by atoms with Crippen molar-refractivity contribution in [3.8, 4) is 0 Å². The minimum absolute atomic E-state index is 0.190. The summed E-state index contributed by atoms with van der Waals surface area (Å²) in [6, 6.07) is 2.85. The fraction of sp³-hybridized carbons (Fsp3) is 0.615. The van der Waals surface area contributed by atoms with Crippen LogP contribution in [0.25, 0.3) is 0 Å². The molecule has 1 N–H and O–H groups in total. The molecule has 1 heterocycles. The van der Waals surface area contributed by atoms with Crippen molar-refractivity contribution in [2.45, 2.75) is 30.6 Å². The molecule has 0 aliphatic heterocycles. The van der Waals surface area contributed by atoms with Crippen LogP contribution in [0.2, 0.25) is 5.15 Å². The quantitative estimate of drug-likeness (QED) is 0.869. The molecule has 19 heavy (non-hydrogen) atoms. The summed E-state index contributed by atoms with van der Waals surface area (Å²) in [7, 11) is -3.46. The highest BCUT2D eigenvalue weighted by atomic mass is 35.5. The molecule has 0 spiro atoms. The molecule has 3 atom stereocenters. The molecule has 2 aliphatic carbocycles. The second-order valence-electron chi connectivity index (χ2n) is 5.60. The Bertz CT molecular complexity index is 576. The van der Waals surface area contributed by atoms with Gasteiger partial charge in [0.15, 0.2) is 0 Å². The Labute approximate surface area is 118 Å². The van der Waals surface area contributed by atoms with Crippen molar-refractivity contribution < 1.29 is 8.42 Å². The molecule has 2 saturated carbocycles. The number of hydrogen-bond acceptors (Lipinski definition) is 3. The zero-order valence-electron chi connectivity index (χ0n) is 10.5. The molecule has 0 amide bonds. The third-order valence-electron chi connectivity index (χ3n) is 4.43. The number of halogens is 1. The summed E-state index contributed by atoms with van der Waals surface area (Å²) in [6.45, 7) is 0.545. The lowest BCUT2D eigenvalue weighted by Gasteiger charge is -2.21. The highest BCUT2D eigenvalue weighted by molar-refractivity contribution is 7.89.